The zero-order valence-corrected chi connectivity index (χ0v) is 15.6. The first kappa shape index (κ1) is 17.2. The van der Waals surface area contributed by atoms with E-state index in [9.17, 15) is 4.79 Å². The lowest BCUT2D eigenvalue weighted by atomic mass is 9.88. The van der Waals surface area contributed by atoms with Crippen molar-refractivity contribution in [3.63, 3.8) is 0 Å². The van der Waals surface area contributed by atoms with Crippen LogP contribution in [-0.4, -0.2) is 24.4 Å². The molecule has 0 fully saturated rings. The van der Waals surface area contributed by atoms with E-state index in [1.807, 2.05) is 30.1 Å². The molecule has 0 saturated heterocycles. The Morgan fingerprint density at radius 3 is 2.79 bits per heavy atom. The Kier molecular flexibility index (Phi) is 5.69. The van der Waals surface area contributed by atoms with Crippen LogP contribution < -0.4 is 5.32 Å². The summed E-state index contributed by atoms with van der Waals surface area (Å²) in [6, 6.07) is 16.7. The van der Waals surface area contributed by atoms with Gasteiger partial charge in [0.2, 0.25) is 5.91 Å². The normalized spacial score (nSPS) is 16.7. The van der Waals surface area contributed by atoms with Crippen molar-refractivity contribution in [2.24, 2.45) is 0 Å². The summed E-state index contributed by atoms with van der Waals surface area (Å²) in [5.41, 5.74) is 3.84. The van der Waals surface area contributed by atoms with E-state index in [2.05, 4.69) is 51.6 Å². The number of hydrogen-bond acceptors (Lipinski definition) is 2. The van der Waals surface area contributed by atoms with Gasteiger partial charge in [-0.1, -0.05) is 58.4 Å². The van der Waals surface area contributed by atoms with Crippen LogP contribution in [0.25, 0.3) is 0 Å². The van der Waals surface area contributed by atoms with Crippen molar-refractivity contribution >= 4 is 21.8 Å². The molecule has 126 valence electrons. The Morgan fingerprint density at radius 2 is 1.96 bits per heavy atom. The smallest absolute Gasteiger partial charge is 0.234 e. The molecule has 0 heterocycles. The second-order valence-electron chi connectivity index (χ2n) is 6.47. The summed E-state index contributed by atoms with van der Waals surface area (Å²) in [7, 11) is 1.98. The predicted octanol–water partition coefficient (Wildman–Crippen LogP) is 4.07. The second-order valence-corrected chi connectivity index (χ2v) is 7.33. The van der Waals surface area contributed by atoms with Crippen molar-refractivity contribution in [3.05, 3.63) is 69.7 Å². The lowest BCUT2D eigenvalue weighted by molar-refractivity contribution is -0.122. The lowest BCUT2D eigenvalue weighted by Crippen LogP contribution is -2.38. The van der Waals surface area contributed by atoms with Crippen LogP contribution in [0.4, 0.5) is 0 Å². The van der Waals surface area contributed by atoms with E-state index >= 15 is 0 Å². The molecule has 1 amide bonds. The van der Waals surface area contributed by atoms with Crippen LogP contribution in [0.1, 0.15) is 35.6 Å². The number of halogens is 1. The zero-order valence-electron chi connectivity index (χ0n) is 14.0. The third kappa shape index (κ3) is 4.25. The summed E-state index contributed by atoms with van der Waals surface area (Å²) in [6.45, 7) is 1.15. The molecular formula is C20H23BrN2O. The standard InChI is InChI=1S/C20H23BrN2O/c1-23(13-16-8-3-5-11-18(16)21)14-20(24)22-19-12-6-9-15-7-2-4-10-17(15)19/h2-5,7-8,10-11,19H,6,9,12-14H2,1H3,(H,22,24). The van der Waals surface area contributed by atoms with E-state index in [1.165, 1.54) is 16.7 Å². The first-order valence-electron chi connectivity index (χ1n) is 8.42. The third-order valence-corrected chi connectivity index (χ3v) is 5.29. The van der Waals surface area contributed by atoms with Gasteiger partial charge in [0.25, 0.3) is 0 Å². The van der Waals surface area contributed by atoms with Gasteiger partial charge in [-0.05, 0) is 49.1 Å². The quantitative estimate of drug-likeness (QED) is 0.839. The number of benzene rings is 2. The van der Waals surface area contributed by atoms with Crippen LogP contribution >= 0.6 is 15.9 Å². The molecule has 0 saturated carbocycles. The highest BCUT2D eigenvalue weighted by Gasteiger charge is 2.21. The summed E-state index contributed by atoms with van der Waals surface area (Å²) < 4.78 is 1.08. The van der Waals surface area contributed by atoms with Crippen molar-refractivity contribution in [2.45, 2.75) is 31.8 Å². The number of nitrogens with one attached hydrogen (secondary N) is 1. The Balaban J connectivity index is 1.57. The molecular weight excluding hydrogens is 364 g/mol. The maximum absolute atomic E-state index is 12.4. The number of carbonyl (C=O) groups is 1. The first-order chi connectivity index (χ1) is 11.6. The fourth-order valence-electron chi connectivity index (χ4n) is 3.36. The number of nitrogens with zero attached hydrogens (tertiary/aromatic N) is 1. The van der Waals surface area contributed by atoms with E-state index in [-0.39, 0.29) is 11.9 Å². The molecule has 0 radical (unpaired) electrons. The molecule has 24 heavy (non-hydrogen) atoms. The zero-order chi connectivity index (χ0) is 16.9. The van der Waals surface area contributed by atoms with Crippen LogP contribution in [0.15, 0.2) is 53.0 Å². The minimum Gasteiger partial charge on any atom is -0.348 e. The van der Waals surface area contributed by atoms with Crippen molar-refractivity contribution in [3.8, 4) is 0 Å². The summed E-state index contributed by atoms with van der Waals surface area (Å²) in [6.07, 6.45) is 3.27. The fourth-order valence-corrected chi connectivity index (χ4v) is 3.77. The van der Waals surface area contributed by atoms with Crippen molar-refractivity contribution < 1.29 is 4.79 Å². The molecule has 1 N–H and O–H groups in total. The summed E-state index contributed by atoms with van der Waals surface area (Å²) in [5.74, 6) is 0.0891. The minimum absolute atomic E-state index is 0.0891. The van der Waals surface area contributed by atoms with E-state index in [4.69, 9.17) is 0 Å². The highest BCUT2D eigenvalue weighted by molar-refractivity contribution is 9.10. The lowest BCUT2D eigenvalue weighted by Gasteiger charge is -2.27. The van der Waals surface area contributed by atoms with Crippen LogP contribution in [0.3, 0.4) is 0 Å². The van der Waals surface area contributed by atoms with Gasteiger partial charge in [0.05, 0.1) is 12.6 Å². The van der Waals surface area contributed by atoms with Gasteiger partial charge in [-0.25, -0.2) is 0 Å². The van der Waals surface area contributed by atoms with E-state index in [1.54, 1.807) is 0 Å². The Morgan fingerprint density at radius 1 is 1.21 bits per heavy atom. The molecule has 4 heteroatoms. The Labute approximate surface area is 152 Å². The average molecular weight is 387 g/mol. The van der Waals surface area contributed by atoms with E-state index in [0.717, 1.165) is 30.3 Å². The summed E-state index contributed by atoms with van der Waals surface area (Å²) in [5, 5.41) is 3.21. The molecule has 0 bridgehead atoms. The molecule has 0 aliphatic heterocycles. The number of rotatable bonds is 5. The van der Waals surface area contributed by atoms with Gasteiger partial charge in [0.1, 0.15) is 0 Å². The molecule has 1 aliphatic rings. The highest BCUT2D eigenvalue weighted by atomic mass is 79.9. The van der Waals surface area contributed by atoms with E-state index in [0.29, 0.717) is 6.54 Å². The predicted molar refractivity (Wildman–Crippen MR) is 101 cm³/mol. The molecule has 1 unspecified atom stereocenters. The van der Waals surface area contributed by atoms with Gasteiger partial charge < -0.3 is 5.32 Å². The topological polar surface area (TPSA) is 32.3 Å². The van der Waals surface area contributed by atoms with Crippen molar-refractivity contribution in [2.75, 3.05) is 13.6 Å². The maximum atomic E-state index is 12.4. The van der Waals surface area contributed by atoms with Crippen molar-refractivity contribution in [1.29, 1.82) is 0 Å². The molecule has 0 spiro atoms. The number of fused-ring (bicyclic) bond motifs is 1. The van der Waals surface area contributed by atoms with Crippen LogP contribution in [0.2, 0.25) is 0 Å². The Bertz CT molecular complexity index is 716. The minimum atomic E-state index is 0.0891. The summed E-state index contributed by atoms with van der Waals surface area (Å²) >= 11 is 3.56. The number of amides is 1. The molecule has 3 nitrogen and oxygen atoms in total. The van der Waals surface area contributed by atoms with Crippen molar-refractivity contribution in [1.82, 2.24) is 10.2 Å². The molecule has 2 aromatic carbocycles. The van der Waals surface area contributed by atoms with Gasteiger partial charge in [-0.3, -0.25) is 9.69 Å². The Hall–Kier alpha value is -1.65. The maximum Gasteiger partial charge on any atom is 0.234 e. The van der Waals surface area contributed by atoms with Crippen LogP contribution in [0, 0.1) is 0 Å². The van der Waals surface area contributed by atoms with Gasteiger partial charge in [-0.2, -0.15) is 0 Å². The molecule has 1 atom stereocenters. The van der Waals surface area contributed by atoms with Gasteiger partial charge in [0.15, 0.2) is 0 Å². The van der Waals surface area contributed by atoms with Gasteiger partial charge in [-0.15, -0.1) is 0 Å². The second kappa shape index (κ2) is 7.95. The number of likely N-dealkylation sites (N-methyl/N-ethyl adjacent to an activating group) is 1. The highest BCUT2D eigenvalue weighted by Crippen LogP contribution is 2.29. The number of aryl methyl sites for hydroxylation is 1. The SMILES string of the molecule is CN(CC(=O)NC1CCCc2ccccc21)Cc1ccccc1Br. The molecule has 3 rings (SSSR count). The molecule has 1 aliphatic carbocycles. The average Bonchev–Trinajstić information content (AvgIpc) is 2.57. The summed E-state index contributed by atoms with van der Waals surface area (Å²) in [4.78, 5) is 14.5. The third-order valence-electron chi connectivity index (χ3n) is 4.52. The largest absolute Gasteiger partial charge is 0.348 e. The molecule has 0 aromatic heterocycles. The molecule has 2 aromatic rings. The fraction of sp³-hybridized carbons (Fsp3) is 0.350. The van der Waals surface area contributed by atoms with E-state index < -0.39 is 0 Å². The first-order valence-corrected chi connectivity index (χ1v) is 9.22. The van der Waals surface area contributed by atoms with Gasteiger partial charge in [0, 0.05) is 11.0 Å². The van der Waals surface area contributed by atoms with Crippen LogP contribution in [0.5, 0.6) is 0 Å². The number of hydrogen-bond donors (Lipinski definition) is 1. The number of carbonyl (C=O) groups excluding carboxylic acids is 1. The van der Waals surface area contributed by atoms with Gasteiger partial charge >= 0.3 is 0 Å². The van der Waals surface area contributed by atoms with Crippen LogP contribution in [-0.2, 0) is 17.8 Å². The monoisotopic (exact) mass is 386 g/mol.